The van der Waals surface area contributed by atoms with E-state index in [4.69, 9.17) is 5.73 Å². The maximum atomic E-state index is 12.2. The Morgan fingerprint density at radius 3 is 2.56 bits per heavy atom. The highest BCUT2D eigenvalue weighted by Gasteiger charge is 2.20. The SMILES string of the molecule is CC=C(CCCCC)CC(=O)N1CCC(N)CC1. The number of hydrogen-bond donors (Lipinski definition) is 1. The van der Waals surface area contributed by atoms with Gasteiger partial charge in [-0.25, -0.2) is 0 Å². The van der Waals surface area contributed by atoms with Crippen molar-refractivity contribution in [2.45, 2.75) is 64.8 Å². The van der Waals surface area contributed by atoms with E-state index in [0.29, 0.717) is 12.5 Å². The molecular weight excluding hydrogens is 224 g/mol. The summed E-state index contributed by atoms with van der Waals surface area (Å²) in [5.74, 6) is 0.284. The number of nitrogens with zero attached hydrogens (tertiary/aromatic N) is 1. The topological polar surface area (TPSA) is 46.3 Å². The minimum Gasteiger partial charge on any atom is -0.342 e. The van der Waals surface area contributed by atoms with Crippen molar-refractivity contribution in [3.05, 3.63) is 11.6 Å². The fourth-order valence-electron chi connectivity index (χ4n) is 2.39. The second kappa shape index (κ2) is 8.30. The number of allylic oxidation sites excluding steroid dienone is 1. The molecule has 1 amide bonds. The Balaban J connectivity index is 2.33. The third-order valence-corrected chi connectivity index (χ3v) is 3.78. The zero-order valence-corrected chi connectivity index (χ0v) is 12.0. The number of rotatable bonds is 6. The molecule has 18 heavy (non-hydrogen) atoms. The zero-order valence-electron chi connectivity index (χ0n) is 12.0. The number of carbonyl (C=O) groups is 1. The molecule has 3 nitrogen and oxygen atoms in total. The van der Waals surface area contributed by atoms with Crippen LogP contribution < -0.4 is 5.73 Å². The van der Waals surface area contributed by atoms with Crippen LogP contribution in [0.1, 0.15) is 58.8 Å². The zero-order chi connectivity index (χ0) is 13.4. The average Bonchev–Trinajstić information content (AvgIpc) is 2.38. The molecule has 0 aliphatic carbocycles. The Bertz CT molecular complexity index is 278. The van der Waals surface area contributed by atoms with E-state index in [-0.39, 0.29) is 5.91 Å². The first-order valence-corrected chi connectivity index (χ1v) is 7.34. The number of nitrogens with two attached hydrogens (primary N) is 1. The monoisotopic (exact) mass is 252 g/mol. The van der Waals surface area contributed by atoms with E-state index in [1.54, 1.807) is 0 Å². The summed E-state index contributed by atoms with van der Waals surface area (Å²) in [5.41, 5.74) is 7.15. The third-order valence-electron chi connectivity index (χ3n) is 3.78. The molecule has 1 rings (SSSR count). The molecule has 0 saturated carbocycles. The van der Waals surface area contributed by atoms with Gasteiger partial charge >= 0.3 is 0 Å². The lowest BCUT2D eigenvalue weighted by Gasteiger charge is -2.30. The molecule has 3 heteroatoms. The lowest BCUT2D eigenvalue weighted by atomic mass is 10.0. The van der Waals surface area contributed by atoms with Gasteiger partial charge in [-0.3, -0.25) is 4.79 Å². The predicted molar refractivity (Wildman–Crippen MR) is 76.3 cm³/mol. The average molecular weight is 252 g/mol. The maximum absolute atomic E-state index is 12.2. The first-order valence-electron chi connectivity index (χ1n) is 7.34. The highest BCUT2D eigenvalue weighted by molar-refractivity contribution is 5.78. The van der Waals surface area contributed by atoms with Crippen LogP contribution >= 0.6 is 0 Å². The molecule has 1 heterocycles. The van der Waals surface area contributed by atoms with Crippen LogP contribution in [0.2, 0.25) is 0 Å². The van der Waals surface area contributed by atoms with Crippen molar-refractivity contribution in [3.63, 3.8) is 0 Å². The molecule has 1 saturated heterocycles. The molecule has 0 bridgehead atoms. The van der Waals surface area contributed by atoms with Gasteiger partial charge in [-0.1, -0.05) is 31.4 Å². The van der Waals surface area contributed by atoms with Crippen LogP contribution in [0, 0.1) is 0 Å². The van der Waals surface area contributed by atoms with Crippen LogP contribution in [0.4, 0.5) is 0 Å². The van der Waals surface area contributed by atoms with Crippen LogP contribution in [0.25, 0.3) is 0 Å². The summed E-state index contributed by atoms with van der Waals surface area (Å²) >= 11 is 0. The van der Waals surface area contributed by atoms with Gasteiger partial charge in [0.15, 0.2) is 0 Å². The van der Waals surface area contributed by atoms with E-state index < -0.39 is 0 Å². The van der Waals surface area contributed by atoms with Gasteiger partial charge in [0, 0.05) is 25.6 Å². The predicted octanol–water partition coefficient (Wildman–Crippen LogP) is 2.85. The summed E-state index contributed by atoms with van der Waals surface area (Å²) in [6.45, 7) is 5.93. The quantitative estimate of drug-likeness (QED) is 0.583. The molecule has 0 aromatic rings. The minimum atomic E-state index is 0.284. The Hall–Kier alpha value is -0.830. The Kier molecular flexibility index (Phi) is 7.02. The number of likely N-dealkylation sites (tertiary alicyclic amines) is 1. The van der Waals surface area contributed by atoms with Crippen LogP contribution in [0.15, 0.2) is 11.6 Å². The number of amides is 1. The summed E-state index contributed by atoms with van der Waals surface area (Å²) in [7, 11) is 0. The highest BCUT2D eigenvalue weighted by atomic mass is 16.2. The molecule has 0 aromatic heterocycles. The summed E-state index contributed by atoms with van der Waals surface area (Å²) in [4.78, 5) is 14.1. The molecule has 0 radical (unpaired) electrons. The Morgan fingerprint density at radius 2 is 2.00 bits per heavy atom. The number of unbranched alkanes of at least 4 members (excludes halogenated alkanes) is 2. The van der Waals surface area contributed by atoms with Gasteiger partial charge in [-0.05, 0) is 32.6 Å². The van der Waals surface area contributed by atoms with E-state index in [0.717, 1.165) is 32.4 Å². The van der Waals surface area contributed by atoms with Gasteiger partial charge in [0.05, 0.1) is 0 Å². The van der Waals surface area contributed by atoms with Gasteiger partial charge in [0.25, 0.3) is 0 Å². The van der Waals surface area contributed by atoms with Crippen LogP contribution in [0.3, 0.4) is 0 Å². The van der Waals surface area contributed by atoms with Crippen molar-refractivity contribution in [2.24, 2.45) is 5.73 Å². The second-order valence-corrected chi connectivity index (χ2v) is 5.30. The molecule has 0 unspecified atom stereocenters. The summed E-state index contributed by atoms with van der Waals surface area (Å²) in [6, 6.07) is 0.291. The van der Waals surface area contributed by atoms with E-state index in [2.05, 4.69) is 13.0 Å². The minimum absolute atomic E-state index is 0.284. The third kappa shape index (κ3) is 5.21. The number of piperidine rings is 1. The van der Waals surface area contributed by atoms with Crippen molar-refractivity contribution in [2.75, 3.05) is 13.1 Å². The molecule has 2 N–H and O–H groups in total. The molecule has 1 aliphatic rings. The highest BCUT2D eigenvalue weighted by Crippen LogP contribution is 2.16. The molecule has 1 aliphatic heterocycles. The van der Waals surface area contributed by atoms with Crippen LogP contribution in [-0.4, -0.2) is 29.9 Å². The van der Waals surface area contributed by atoms with E-state index >= 15 is 0 Å². The first kappa shape index (κ1) is 15.2. The Labute approximate surface area is 111 Å². The lowest BCUT2D eigenvalue weighted by molar-refractivity contribution is -0.131. The largest absolute Gasteiger partial charge is 0.342 e. The van der Waals surface area contributed by atoms with Gasteiger partial charge in [0.1, 0.15) is 0 Å². The van der Waals surface area contributed by atoms with Gasteiger partial charge in [-0.2, -0.15) is 0 Å². The van der Waals surface area contributed by atoms with E-state index in [1.165, 1.54) is 24.8 Å². The van der Waals surface area contributed by atoms with Crippen molar-refractivity contribution >= 4 is 5.91 Å². The molecule has 104 valence electrons. The molecule has 0 spiro atoms. The van der Waals surface area contributed by atoms with Crippen molar-refractivity contribution in [3.8, 4) is 0 Å². The fourth-order valence-corrected chi connectivity index (χ4v) is 2.39. The molecule has 0 atom stereocenters. The van der Waals surface area contributed by atoms with Crippen LogP contribution in [-0.2, 0) is 4.79 Å². The summed E-state index contributed by atoms with van der Waals surface area (Å²) in [6.07, 6.45) is 9.38. The first-order chi connectivity index (χ1) is 8.67. The second-order valence-electron chi connectivity index (χ2n) is 5.30. The molecule has 1 fully saturated rings. The number of hydrogen-bond acceptors (Lipinski definition) is 2. The fraction of sp³-hybridized carbons (Fsp3) is 0.800. The standard InChI is InChI=1S/C15H28N2O/c1-3-5-6-7-13(4-2)12-15(18)17-10-8-14(16)9-11-17/h4,14H,3,5-12,16H2,1-2H3. The van der Waals surface area contributed by atoms with E-state index in [1.807, 2.05) is 11.8 Å². The van der Waals surface area contributed by atoms with E-state index in [9.17, 15) is 4.79 Å². The molecule has 0 aromatic carbocycles. The smallest absolute Gasteiger partial charge is 0.226 e. The summed E-state index contributed by atoms with van der Waals surface area (Å²) in [5, 5.41) is 0. The van der Waals surface area contributed by atoms with Gasteiger partial charge in [0.2, 0.25) is 5.91 Å². The normalized spacial score (nSPS) is 18.2. The number of carbonyl (C=O) groups excluding carboxylic acids is 1. The summed E-state index contributed by atoms with van der Waals surface area (Å²) < 4.78 is 0. The molecular formula is C15H28N2O. The van der Waals surface area contributed by atoms with Crippen molar-refractivity contribution in [1.29, 1.82) is 0 Å². The van der Waals surface area contributed by atoms with Crippen LogP contribution in [0.5, 0.6) is 0 Å². The maximum Gasteiger partial charge on any atom is 0.226 e. The van der Waals surface area contributed by atoms with Gasteiger partial charge < -0.3 is 10.6 Å². The van der Waals surface area contributed by atoms with Gasteiger partial charge in [-0.15, -0.1) is 0 Å². The van der Waals surface area contributed by atoms with Crippen molar-refractivity contribution < 1.29 is 4.79 Å². The Morgan fingerprint density at radius 1 is 1.33 bits per heavy atom. The van der Waals surface area contributed by atoms with Crippen molar-refractivity contribution in [1.82, 2.24) is 4.90 Å². The lowest BCUT2D eigenvalue weighted by Crippen LogP contribution is -2.42.